The Balaban J connectivity index is 2.69. The molecule has 0 saturated carbocycles. The lowest BCUT2D eigenvalue weighted by molar-refractivity contribution is 0.0698. The summed E-state index contributed by atoms with van der Waals surface area (Å²) in [7, 11) is 0. The minimum absolute atomic E-state index is 0.320. The summed E-state index contributed by atoms with van der Waals surface area (Å²) in [5.41, 5.74) is 0. The van der Waals surface area contributed by atoms with Crippen LogP contribution in [-0.4, -0.2) is 17.7 Å². The molecule has 0 aromatic carbocycles. The maximum absolute atomic E-state index is 11.0. The van der Waals surface area contributed by atoms with E-state index >= 15 is 0 Å². The van der Waals surface area contributed by atoms with E-state index in [0.717, 1.165) is 17.7 Å². The van der Waals surface area contributed by atoms with Gasteiger partial charge in [-0.1, -0.05) is 20.8 Å². The zero-order valence-corrected chi connectivity index (χ0v) is 10.8. The summed E-state index contributed by atoms with van der Waals surface area (Å²) in [6, 6.07) is 1.84. The molecule has 0 atom stereocenters. The molecule has 90 valence electrons. The molecule has 3 nitrogen and oxygen atoms in total. The Kier molecular flexibility index (Phi) is 4.80. The van der Waals surface area contributed by atoms with Crippen molar-refractivity contribution >= 4 is 17.3 Å². The number of thiophene rings is 1. The Morgan fingerprint density at radius 3 is 2.75 bits per heavy atom. The van der Waals surface area contributed by atoms with Gasteiger partial charge in [0.05, 0.1) is 6.61 Å². The molecule has 0 aliphatic rings. The van der Waals surface area contributed by atoms with Crippen LogP contribution in [0.1, 0.15) is 41.7 Å². The maximum Gasteiger partial charge on any atom is 0.349 e. The SMILES string of the molecule is CCc1cc(OCCC(C)C)c(C(=O)O)s1. The Hall–Kier alpha value is -1.03. The lowest BCUT2D eigenvalue weighted by Crippen LogP contribution is -2.03. The van der Waals surface area contributed by atoms with Crippen LogP contribution >= 0.6 is 11.3 Å². The highest BCUT2D eigenvalue weighted by Crippen LogP contribution is 2.30. The van der Waals surface area contributed by atoms with Crippen molar-refractivity contribution in [1.29, 1.82) is 0 Å². The van der Waals surface area contributed by atoms with Crippen LogP contribution in [0.3, 0.4) is 0 Å². The van der Waals surface area contributed by atoms with Crippen LogP contribution in [-0.2, 0) is 6.42 Å². The van der Waals surface area contributed by atoms with Gasteiger partial charge < -0.3 is 9.84 Å². The highest BCUT2D eigenvalue weighted by Gasteiger charge is 2.16. The second-order valence-corrected chi connectivity index (χ2v) is 5.23. The summed E-state index contributed by atoms with van der Waals surface area (Å²) < 4.78 is 5.52. The summed E-state index contributed by atoms with van der Waals surface area (Å²) in [4.78, 5) is 12.4. The maximum atomic E-state index is 11.0. The van der Waals surface area contributed by atoms with E-state index in [-0.39, 0.29) is 0 Å². The molecule has 4 heteroatoms. The van der Waals surface area contributed by atoms with E-state index in [1.54, 1.807) is 0 Å². The lowest BCUT2D eigenvalue weighted by atomic mass is 10.1. The standard InChI is InChI=1S/C12H18O3S/c1-4-9-7-10(11(16-9)12(13)14)15-6-5-8(2)3/h7-8H,4-6H2,1-3H3,(H,13,14). The Morgan fingerprint density at radius 2 is 2.25 bits per heavy atom. The van der Waals surface area contributed by atoms with E-state index in [0.29, 0.717) is 23.2 Å². The van der Waals surface area contributed by atoms with Gasteiger partial charge in [0, 0.05) is 4.88 Å². The van der Waals surface area contributed by atoms with Crippen molar-refractivity contribution in [3.05, 3.63) is 15.8 Å². The van der Waals surface area contributed by atoms with Crippen molar-refractivity contribution in [3.8, 4) is 5.75 Å². The Bertz CT molecular complexity index is 355. The van der Waals surface area contributed by atoms with Gasteiger partial charge in [0.1, 0.15) is 5.75 Å². The van der Waals surface area contributed by atoms with Crippen LogP contribution in [0.4, 0.5) is 0 Å². The van der Waals surface area contributed by atoms with Crippen molar-refractivity contribution in [2.45, 2.75) is 33.6 Å². The fourth-order valence-corrected chi connectivity index (χ4v) is 2.14. The van der Waals surface area contributed by atoms with Gasteiger partial charge >= 0.3 is 5.97 Å². The zero-order chi connectivity index (χ0) is 12.1. The topological polar surface area (TPSA) is 46.5 Å². The fourth-order valence-electron chi connectivity index (χ4n) is 1.26. The third-order valence-electron chi connectivity index (χ3n) is 2.24. The molecule has 0 saturated heterocycles. The first-order chi connectivity index (χ1) is 7.54. The van der Waals surface area contributed by atoms with E-state index in [1.165, 1.54) is 11.3 Å². The molecule has 0 unspecified atom stereocenters. The molecule has 16 heavy (non-hydrogen) atoms. The van der Waals surface area contributed by atoms with E-state index in [1.807, 2.05) is 13.0 Å². The van der Waals surface area contributed by atoms with Gasteiger partial charge in [0.25, 0.3) is 0 Å². The molecular weight excluding hydrogens is 224 g/mol. The molecule has 0 spiro atoms. The number of aromatic carboxylic acids is 1. The van der Waals surface area contributed by atoms with Gasteiger partial charge in [-0.05, 0) is 24.8 Å². The van der Waals surface area contributed by atoms with Crippen LogP contribution in [0.5, 0.6) is 5.75 Å². The van der Waals surface area contributed by atoms with E-state index in [2.05, 4.69) is 13.8 Å². The quantitative estimate of drug-likeness (QED) is 0.831. The number of ether oxygens (including phenoxy) is 1. The molecule has 1 aromatic rings. The molecule has 0 bridgehead atoms. The summed E-state index contributed by atoms with van der Waals surface area (Å²) >= 11 is 1.30. The zero-order valence-electron chi connectivity index (χ0n) is 9.95. The number of carboxylic acid groups (broad SMARTS) is 1. The van der Waals surface area contributed by atoms with Crippen LogP contribution in [0.15, 0.2) is 6.07 Å². The molecule has 0 fully saturated rings. The van der Waals surface area contributed by atoms with Gasteiger partial charge in [-0.2, -0.15) is 0 Å². The largest absolute Gasteiger partial charge is 0.492 e. The average Bonchev–Trinajstić information content (AvgIpc) is 2.60. The Labute approximate surface area is 100 Å². The van der Waals surface area contributed by atoms with Gasteiger partial charge in [0.15, 0.2) is 4.88 Å². The third-order valence-corrected chi connectivity index (χ3v) is 3.49. The van der Waals surface area contributed by atoms with Crippen LogP contribution in [0, 0.1) is 5.92 Å². The first-order valence-corrected chi connectivity index (χ1v) is 6.35. The molecule has 1 N–H and O–H groups in total. The van der Waals surface area contributed by atoms with Crippen molar-refractivity contribution in [1.82, 2.24) is 0 Å². The van der Waals surface area contributed by atoms with Gasteiger partial charge in [-0.25, -0.2) is 4.79 Å². The van der Waals surface area contributed by atoms with Crippen LogP contribution in [0.25, 0.3) is 0 Å². The van der Waals surface area contributed by atoms with E-state index in [4.69, 9.17) is 9.84 Å². The molecule has 1 heterocycles. The summed E-state index contributed by atoms with van der Waals surface area (Å²) in [5.74, 6) is 0.191. The third kappa shape index (κ3) is 3.52. The molecule has 0 amide bonds. The minimum Gasteiger partial charge on any atom is -0.492 e. The number of hydrogen-bond donors (Lipinski definition) is 1. The Morgan fingerprint density at radius 1 is 1.56 bits per heavy atom. The first-order valence-electron chi connectivity index (χ1n) is 5.53. The number of rotatable bonds is 6. The number of carboxylic acids is 1. The van der Waals surface area contributed by atoms with Gasteiger partial charge in [-0.3, -0.25) is 0 Å². The molecule has 0 radical (unpaired) electrons. The summed E-state index contributed by atoms with van der Waals surface area (Å²) in [5, 5.41) is 9.01. The van der Waals surface area contributed by atoms with Crippen molar-refractivity contribution in [2.24, 2.45) is 5.92 Å². The second kappa shape index (κ2) is 5.89. The highest BCUT2D eigenvalue weighted by atomic mass is 32.1. The van der Waals surface area contributed by atoms with Crippen LogP contribution in [0.2, 0.25) is 0 Å². The molecule has 1 rings (SSSR count). The van der Waals surface area contributed by atoms with Crippen molar-refractivity contribution in [3.63, 3.8) is 0 Å². The average molecular weight is 242 g/mol. The number of hydrogen-bond acceptors (Lipinski definition) is 3. The van der Waals surface area contributed by atoms with Gasteiger partial charge in [-0.15, -0.1) is 11.3 Å². The summed E-state index contributed by atoms with van der Waals surface area (Å²) in [6.07, 6.45) is 1.79. The van der Waals surface area contributed by atoms with E-state index < -0.39 is 5.97 Å². The predicted molar refractivity (Wildman–Crippen MR) is 65.6 cm³/mol. The van der Waals surface area contributed by atoms with E-state index in [9.17, 15) is 4.79 Å². The van der Waals surface area contributed by atoms with Crippen molar-refractivity contribution in [2.75, 3.05) is 6.61 Å². The highest BCUT2D eigenvalue weighted by molar-refractivity contribution is 7.14. The molecular formula is C12H18O3S. The fraction of sp³-hybridized carbons (Fsp3) is 0.583. The van der Waals surface area contributed by atoms with Crippen molar-refractivity contribution < 1.29 is 14.6 Å². The molecule has 0 aliphatic carbocycles. The smallest absolute Gasteiger partial charge is 0.349 e. The normalized spacial score (nSPS) is 10.8. The number of aryl methyl sites for hydroxylation is 1. The summed E-state index contributed by atoms with van der Waals surface area (Å²) in [6.45, 7) is 6.83. The predicted octanol–water partition coefficient (Wildman–Crippen LogP) is 3.43. The molecule has 0 aliphatic heterocycles. The first kappa shape index (κ1) is 13.0. The monoisotopic (exact) mass is 242 g/mol. The molecule has 1 aromatic heterocycles. The van der Waals surface area contributed by atoms with Gasteiger partial charge in [0.2, 0.25) is 0 Å². The minimum atomic E-state index is -0.899. The lowest BCUT2D eigenvalue weighted by Gasteiger charge is -2.06. The number of carbonyl (C=O) groups is 1. The second-order valence-electron chi connectivity index (χ2n) is 4.10. The van der Waals surface area contributed by atoms with Crippen LogP contribution < -0.4 is 4.74 Å².